The molecule has 2 nitrogen and oxygen atoms in total. The average Bonchev–Trinajstić information content (AvgIpc) is 2.76. The van der Waals surface area contributed by atoms with E-state index < -0.39 is 0 Å². The van der Waals surface area contributed by atoms with Crippen LogP contribution in [-0.2, 0) is 0 Å². The maximum absolute atomic E-state index is 6.10. The fourth-order valence-electron chi connectivity index (χ4n) is 2.86. The van der Waals surface area contributed by atoms with E-state index in [1.165, 1.54) is 5.57 Å². The summed E-state index contributed by atoms with van der Waals surface area (Å²) in [5.74, 6) is 0.908. The van der Waals surface area contributed by atoms with Crippen LogP contribution in [-0.4, -0.2) is 13.1 Å². The lowest BCUT2D eigenvalue weighted by Gasteiger charge is -2.32. The number of benzene rings is 1. The molecular formula is C16H12ClNO. The molecule has 2 heterocycles. The molecule has 0 saturated carbocycles. The van der Waals surface area contributed by atoms with Gasteiger partial charge < -0.3 is 9.32 Å². The molecular weight excluding hydrogens is 258 g/mol. The minimum atomic E-state index is 0.275. The van der Waals surface area contributed by atoms with Crippen molar-refractivity contribution < 1.29 is 4.42 Å². The minimum Gasteiger partial charge on any atom is -0.454 e. The Labute approximate surface area is 116 Å². The molecule has 2 aliphatic rings. The van der Waals surface area contributed by atoms with Crippen LogP contribution in [0.15, 0.2) is 52.5 Å². The molecule has 0 bridgehead atoms. The molecule has 1 aromatic heterocycles. The molecule has 1 aliphatic carbocycles. The van der Waals surface area contributed by atoms with Crippen LogP contribution in [0, 0.1) is 0 Å². The van der Waals surface area contributed by atoms with E-state index in [-0.39, 0.29) is 6.04 Å². The van der Waals surface area contributed by atoms with Gasteiger partial charge in [-0.1, -0.05) is 35.9 Å². The number of halogens is 1. The van der Waals surface area contributed by atoms with Gasteiger partial charge >= 0.3 is 0 Å². The summed E-state index contributed by atoms with van der Waals surface area (Å²) in [5, 5.41) is 1.81. The molecule has 3 heteroatoms. The first-order valence-corrected chi connectivity index (χ1v) is 6.63. The van der Waals surface area contributed by atoms with Gasteiger partial charge in [0.05, 0.1) is 11.7 Å². The van der Waals surface area contributed by atoms with Crippen molar-refractivity contribution in [2.75, 3.05) is 11.9 Å². The monoisotopic (exact) mass is 269 g/mol. The van der Waals surface area contributed by atoms with E-state index in [0.29, 0.717) is 0 Å². The first-order chi connectivity index (χ1) is 9.24. The van der Waals surface area contributed by atoms with Crippen LogP contribution in [0.4, 0.5) is 5.69 Å². The Morgan fingerprint density at radius 3 is 3.05 bits per heavy atom. The molecule has 2 aromatic rings. The zero-order valence-electron chi connectivity index (χ0n) is 10.4. The fourth-order valence-corrected chi connectivity index (χ4v) is 3.03. The van der Waals surface area contributed by atoms with E-state index in [0.717, 1.165) is 27.4 Å². The third kappa shape index (κ3) is 1.50. The van der Waals surface area contributed by atoms with Crippen molar-refractivity contribution in [2.45, 2.75) is 6.04 Å². The van der Waals surface area contributed by atoms with E-state index in [2.05, 4.69) is 42.3 Å². The van der Waals surface area contributed by atoms with Crippen molar-refractivity contribution in [3.05, 3.63) is 58.9 Å². The van der Waals surface area contributed by atoms with Crippen molar-refractivity contribution in [1.29, 1.82) is 0 Å². The van der Waals surface area contributed by atoms with Gasteiger partial charge in [-0.2, -0.15) is 0 Å². The van der Waals surface area contributed by atoms with Crippen LogP contribution < -0.4 is 4.90 Å². The summed E-state index contributed by atoms with van der Waals surface area (Å²) in [6.45, 7) is 0. The summed E-state index contributed by atoms with van der Waals surface area (Å²) < 4.78 is 5.93. The van der Waals surface area contributed by atoms with E-state index in [1.54, 1.807) is 0 Å². The van der Waals surface area contributed by atoms with Crippen LogP contribution in [0.25, 0.3) is 17.0 Å². The second kappa shape index (κ2) is 3.78. The molecule has 4 rings (SSSR count). The van der Waals surface area contributed by atoms with E-state index in [4.69, 9.17) is 16.0 Å². The lowest BCUT2D eigenvalue weighted by molar-refractivity contribution is 0.598. The van der Waals surface area contributed by atoms with E-state index in [1.807, 2.05) is 18.2 Å². The molecule has 1 unspecified atom stereocenters. The van der Waals surface area contributed by atoms with Crippen molar-refractivity contribution in [3.8, 4) is 0 Å². The smallest absolute Gasteiger partial charge is 0.151 e. The summed E-state index contributed by atoms with van der Waals surface area (Å²) in [5.41, 5.74) is 3.25. The molecule has 0 N–H and O–H groups in total. The normalized spacial score (nSPS) is 20.4. The first kappa shape index (κ1) is 10.9. The zero-order valence-corrected chi connectivity index (χ0v) is 11.2. The van der Waals surface area contributed by atoms with Gasteiger partial charge in [0.1, 0.15) is 5.58 Å². The van der Waals surface area contributed by atoms with Crippen LogP contribution in [0.1, 0.15) is 5.76 Å². The Kier molecular flexibility index (Phi) is 2.18. The number of anilines is 1. The highest BCUT2D eigenvalue weighted by Crippen LogP contribution is 2.41. The number of allylic oxidation sites excluding steroid dienone is 2. The van der Waals surface area contributed by atoms with Crippen molar-refractivity contribution in [2.24, 2.45) is 0 Å². The molecule has 0 saturated heterocycles. The number of fused-ring (bicyclic) bond motifs is 4. The number of rotatable bonds is 0. The van der Waals surface area contributed by atoms with Gasteiger partial charge in [-0.3, -0.25) is 0 Å². The molecule has 19 heavy (non-hydrogen) atoms. The van der Waals surface area contributed by atoms with Crippen molar-refractivity contribution in [3.63, 3.8) is 0 Å². The van der Waals surface area contributed by atoms with Crippen LogP contribution in [0.2, 0.25) is 5.02 Å². The van der Waals surface area contributed by atoms with Gasteiger partial charge in [0.2, 0.25) is 0 Å². The Balaban J connectivity index is 2.03. The standard InChI is InChI=1S/C16H12ClNO/c1-18-13-5-3-2-4-10(13)8-15-16(18)12-9-11(17)6-7-14(12)19-15/h2-9,13H,1H3. The second-order valence-electron chi connectivity index (χ2n) is 4.90. The summed E-state index contributed by atoms with van der Waals surface area (Å²) >= 11 is 6.10. The molecule has 0 radical (unpaired) electrons. The van der Waals surface area contributed by atoms with Gasteiger partial charge in [0.15, 0.2) is 5.76 Å². The SMILES string of the molecule is CN1c2c(oc3ccc(Cl)cc23)C=C2C=CC=CC21. The van der Waals surface area contributed by atoms with Gasteiger partial charge in [0, 0.05) is 17.5 Å². The first-order valence-electron chi connectivity index (χ1n) is 6.25. The van der Waals surface area contributed by atoms with Gasteiger partial charge in [-0.25, -0.2) is 0 Å². The third-order valence-electron chi connectivity index (χ3n) is 3.75. The minimum absolute atomic E-state index is 0.275. The van der Waals surface area contributed by atoms with Crippen LogP contribution in [0.3, 0.4) is 0 Å². The molecule has 1 atom stereocenters. The largest absolute Gasteiger partial charge is 0.454 e. The maximum Gasteiger partial charge on any atom is 0.151 e. The molecule has 0 amide bonds. The molecule has 1 aliphatic heterocycles. The highest BCUT2D eigenvalue weighted by atomic mass is 35.5. The summed E-state index contributed by atoms with van der Waals surface area (Å²) in [6.07, 6.45) is 10.6. The Bertz CT molecular complexity index is 766. The molecule has 0 fully saturated rings. The number of likely N-dealkylation sites (N-methyl/N-ethyl adjacent to an activating group) is 1. The quantitative estimate of drug-likeness (QED) is 0.704. The van der Waals surface area contributed by atoms with Crippen LogP contribution in [0.5, 0.6) is 0 Å². The van der Waals surface area contributed by atoms with Gasteiger partial charge in [0.25, 0.3) is 0 Å². The van der Waals surface area contributed by atoms with E-state index >= 15 is 0 Å². The lowest BCUT2D eigenvalue weighted by Crippen LogP contribution is -2.34. The van der Waals surface area contributed by atoms with Gasteiger partial charge in [-0.05, 0) is 29.8 Å². The number of hydrogen-bond acceptors (Lipinski definition) is 2. The molecule has 1 aromatic carbocycles. The van der Waals surface area contributed by atoms with Crippen LogP contribution >= 0.6 is 11.6 Å². The predicted molar refractivity (Wildman–Crippen MR) is 79.7 cm³/mol. The number of furan rings is 1. The Morgan fingerprint density at radius 1 is 1.26 bits per heavy atom. The predicted octanol–water partition coefficient (Wildman–Crippen LogP) is 4.41. The topological polar surface area (TPSA) is 16.4 Å². The highest BCUT2D eigenvalue weighted by molar-refractivity contribution is 6.31. The number of nitrogens with zero attached hydrogens (tertiary/aromatic N) is 1. The zero-order chi connectivity index (χ0) is 13.0. The van der Waals surface area contributed by atoms with Crippen molar-refractivity contribution in [1.82, 2.24) is 0 Å². The maximum atomic E-state index is 6.10. The lowest BCUT2D eigenvalue weighted by atomic mass is 9.95. The highest BCUT2D eigenvalue weighted by Gasteiger charge is 2.28. The number of hydrogen-bond donors (Lipinski definition) is 0. The summed E-state index contributed by atoms with van der Waals surface area (Å²) in [6, 6.07) is 6.03. The summed E-state index contributed by atoms with van der Waals surface area (Å²) in [4.78, 5) is 2.24. The van der Waals surface area contributed by atoms with Crippen molar-refractivity contribution >= 4 is 34.3 Å². The second-order valence-corrected chi connectivity index (χ2v) is 5.34. The van der Waals surface area contributed by atoms with E-state index in [9.17, 15) is 0 Å². The fraction of sp³-hybridized carbons (Fsp3) is 0.125. The molecule has 94 valence electrons. The molecule has 0 spiro atoms. The Morgan fingerprint density at radius 2 is 2.16 bits per heavy atom. The third-order valence-corrected chi connectivity index (χ3v) is 3.99. The summed E-state index contributed by atoms with van der Waals surface area (Å²) in [7, 11) is 2.09. The Hall–Kier alpha value is -1.93. The average molecular weight is 270 g/mol. The van der Waals surface area contributed by atoms with Gasteiger partial charge in [-0.15, -0.1) is 0 Å².